The first-order chi connectivity index (χ1) is 16.1. The van der Waals surface area contributed by atoms with Gasteiger partial charge < -0.3 is 20.1 Å². The molecular formula is C25H32N4O4. The number of anilines is 1. The van der Waals surface area contributed by atoms with Gasteiger partial charge in [-0.15, -0.1) is 0 Å². The van der Waals surface area contributed by atoms with E-state index in [4.69, 9.17) is 4.74 Å². The monoisotopic (exact) mass is 452 g/mol. The SMILES string of the molecule is COC(=O)C=Cc1cnc(N[C@H](COCc2ccccc2)C(=O)NCC2CCCCC2)cn1. The van der Waals surface area contributed by atoms with Gasteiger partial charge in [0.05, 0.1) is 38.4 Å². The van der Waals surface area contributed by atoms with Crippen LogP contribution in [0.25, 0.3) is 6.08 Å². The van der Waals surface area contributed by atoms with Gasteiger partial charge in [-0.05, 0) is 30.4 Å². The first-order valence-corrected chi connectivity index (χ1v) is 11.4. The number of carbonyl (C=O) groups excluding carboxylic acids is 2. The van der Waals surface area contributed by atoms with Crippen LogP contribution in [0, 0.1) is 5.92 Å². The lowest BCUT2D eigenvalue weighted by molar-refractivity contribution is -0.134. The van der Waals surface area contributed by atoms with Gasteiger partial charge in [-0.25, -0.2) is 9.78 Å². The lowest BCUT2D eigenvalue weighted by Crippen LogP contribution is -2.44. The number of rotatable bonds is 11. The Kier molecular flexibility index (Phi) is 9.85. The summed E-state index contributed by atoms with van der Waals surface area (Å²) in [6.45, 7) is 1.29. The van der Waals surface area contributed by atoms with Crippen LogP contribution in [0.15, 0.2) is 48.8 Å². The Labute approximate surface area is 194 Å². The second kappa shape index (κ2) is 13.3. The van der Waals surface area contributed by atoms with Crippen LogP contribution >= 0.6 is 0 Å². The van der Waals surface area contributed by atoms with E-state index >= 15 is 0 Å². The number of hydrogen-bond donors (Lipinski definition) is 2. The molecule has 1 saturated carbocycles. The molecule has 1 aromatic heterocycles. The minimum Gasteiger partial charge on any atom is -0.466 e. The highest BCUT2D eigenvalue weighted by Crippen LogP contribution is 2.22. The van der Waals surface area contributed by atoms with Gasteiger partial charge in [-0.2, -0.15) is 0 Å². The summed E-state index contributed by atoms with van der Waals surface area (Å²) in [5.41, 5.74) is 1.55. The number of carbonyl (C=O) groups is 2. The van der Waals surface area contributed by atoms with Crippen molar-refractivity contribution in [2.75, 3.05) is 25.6 Å². The molecule has 0 spiro atoms. The van der Waals surface area contributed by atoms with Crippen molar-refractivity contribution < 1.29 is 19.1 Å². The third-order valence-corrected chi connectivity index (χ3v) is 5.59. The Bertz CT molecular complexity index is 896. The van der Waals surface area contributed by atoms with Crippen LogP contribution in [0.4, 0.5) is 5.82 Å². The van der Waals surface area contributed by atoms with Gasteiger partial charge in [0.1, 0.15) is 11.9 Å². The van der Waals surface area contributed by atoms with Crippen LogP contribution in [0.3, 0.4) is 0 Å². The maximum absolute atomic E-state index is 12.9. The number of amides is 1. The average molecular weight is 453 g/mol. The van der Waals surface area contributed by atoms with Gasteiger partial charge in [-0.3, -0.25) is 9.78 Å². The first-order valence-electron chi connectivity index (χ1n) is 11.4. The Morgan fingerprint density at radius 3 is 2.61 bits per heavy atom. The summed E-state index contributed by atoms with van der Waals surface area (Å²) in [6.07, 6.45) is 11.9. The van der Waals surface area contributed by atoms with E-state index in [9.17, 15) is 9.59 Å². The van der Waals surface area contributed by atoms with E-state index in [0.29, 0.717) is 30.6 Å². The molecular weight excluding hydrogens is 420 g/mol. The molecule has 0 unspecified atom stereocenters. The summed E-state index contributed by atoms with van der Waals surface area (Å²) in [4.78, 5) is 32.7. The highest BCUT2D eigenvalue weighted by molar-refractivity contribution is 5.86. The standard InChI is InChI=1S/C25H32N4O4/c1-32-24(30)13-12-21-15-27-23(16-26-21)29-22(18-33-17-20-10-6-3-7-11-20)25(31)28-14-19-8-4-2-5-9-19/h3,6-7,10-13,15-16,19,22H,2,4-5,8-9,14,17-18H2,1H3,(H,27,29)(H,28,31)/t22-/m1/s1. The number of ether oxygens (including phenoxy) is 2. The van der Waals surface area contributed by atoms with Crippen LogP contribution in [-0.4, -0.2) is 48.1 Å². The van der Waals surface area contributed by atoms with E-state index in [1.807, 2.05) is 30.3 Å². The van der Waals surface area contributed by atoms with E-state index in [1.165, 1.54) is 50.9 Å². The zero-order chi connectivity index (χ0) is 23.3. The zero-order valence-corrected chi connectivity index (χ0v) is 19.0. The first kappa shape index (κ1) is 24.4. The molecule has 0 bridgehead atoms. The van der Waals surface area contributed by atoms with Crippen LogP contribution in [0.1, 0.15) is 43.4 Å². The van der Waals surface area contributed by atoms with E-state index in [1.54, 1.807) is 0 Å². The van der Waals surface area contributed by atoms with Gasteiger partial charge >= 0.3 is 5.97 Å². The minimum atomic E-state index is -0.608. The lowest BCUT2D eigenvalue weighted by atomic mass is 9.89. The Balaban J connectivity index is 1.59. The number of aromatic nitrogens is 2. The van der Waals surface area contributed by atoms with Crippen molar-refractivity contribution in [1.82, 2.24) is 15.3 Å². The molecule has 0 radical (unpaired) electrons. The summed E-state index contributed by atoms with van der Waals surface area (Å²) in [7, 11) is 1.31. The van der Waals surface area contributed by atoms with Crippen LogP contribution < -0.4 is 10.6 Å². The molecule has 33 heavy (non-hydrogen) atoms. The number of nitrogens with zero attached hydrogens (tertiary/aromatic N) is 2. The molecule has 0 aliphatic heterocycles. The van der Waals surface area contributed by atoms with E-state index in [-0.39, 0.29) is 12.5 Å². The van der Waals surface area contributed by atoms with Gasteiger partial charge in [-0.1, -0.05) is 49.6 Å². The van der Waals surface area contributed by atoms with E-state index in [2.05, 4.69) is 25.3 Å². The van der Waals surface area contributed by atoms with Crippen molar-refractivity contribution in [3.63, 3.8) is 0 Å². The fraction of sp³-hybridized carbons (Fsp3) is 0.440. The highest BCUT2D eigenvalue weighted by atomic mass is 16.5. The second-order valence-electron chi connectivity index (χ2n) is 8.13. The average Bonchev–Trinajstić information content (AvgIpc) is 2.87. The lowest BCUT2D eigenvalue weighted by Gasteiger charge is -2.24. The van der Waals surface area contributed by atoms with Crippen molar-refractivity contribution in [1.29, 1.82) is 0 Å². The topological polar surface area (TPSA) is 102 Å². The molecule has 1 fully saturated rings. The molecule has 2 aromatic rings. The molecule has 1 atom stereocenters. The summed E-state index contributed by atoms with van der Waals surface area (Å²) in [6, 6.07) is 9.22. The van der Waals surface area contributed by atoms with Crippen LogP contribution in [-0.2, 0) is 25.7 Å². The number of esters is 1. The minimum absolute atomic E-state index is 0.120. The second-order valence-corrected chi connectivity index (χ2v) is 8.13. The van der Waals surface area contributed by atoms with Crippen molar-refractivity contribution in [2.45, 2.75) is 44.8 Å². The number of hydrogen-bond acceptors (Lipinski definition) is 7. The fourth-order valence-electron chi connectivity index (χ4n) is 3.71. The maximum atomic E-state index is 12.9. The number of nitrogens with one attached hydrogen (secondary N) is 2. The summed E-state index contributed by atoms with van der Waals surface area (Å²) in [5, 5.41) is 6.21. The summed E-state index contributed by atoms with van der Waals surface area (Å²) in [5.74, 6) is 0.398. The predicted octanol–water partition coefficient (Wildman–Crippen LogP) is 3.36. The maximum Gasteiger partial charge on any atom is 0.330 e. The molecule has 2 N–H and O–H groups in total. The highest BCUT2D eigenvalue weighted by Gasteiger charge is 2.21. The third kappa shape index (κ3) is 8.65. The quantitative estimate of drug-likeness (QED) is 0.398. The molecule has 1 aliphatic carbocycles. The van der Waals surface area contributed by atoms with E-state index in [0.717, 1.165) is 18.4 Å². The van der Waals surface area contributed by atoms with Crippen molar-refractivity contribution >= 4 is 23.8 Å². The molecule has 3 rings (SSSR count). The van der Waals surface area contributed by atoms with Gasteiger partial charge in [0, 0.05) is 12.6 Å². The molecule has 1 aromatic carbocycles. The van der Waals surface area contributed by atoms with Crippen molar-refractivity contribution in [2.24, 2.45) is 5.92 Å². The van der Waals surface area contributed by atoms with Crippen LogP contribution in [0.5, 0.6) is 0 Å². The molecule has 1 heterocycles. The van der Waals surface area contributed by atoms with Crippen LogP contribution in [0.2, 0.25) is 0 Å². The molecule has 176 valence electrons. The van der Waals surface area contributed by atoms with Crippen molar-refractivity contribution in [3.05, 3.63) is 60.1 Å². The molecule has 1 aliphatic rings. The van der Waals surface area contributed by atoms with Gasteiger partial charge in [0.25, 0.3) is 0 Å². The largest absolute Gasteiger partial charge is 0.466 e. The molecule has 0 saturated heterocycles. The Morgan fingerprint density at radius 1 is 1.12 bits per heavy atom. The normalized spacial score (nSPS) is 15.2. The smallest absolute Gasteiger partial charge is 0.330 e. The fourth-order valence-corrected chi connectivity index (χ4v) is 3.71. The zero-order valence-electron chi connectivity index (χ0n) is 19.0. The Morgan fingerprint density at radius 2 is 1.91 bits per heavy atom. The van der Waals surface area contributed by atoms with Gasteiger partial charge in [0.15, 0.2) is 0 Å². The van der Waals surface area contributed by atoms with Gasteiger partial charge in [0.2, 0.25) is 5.91 Å². The third-order valence-electron chi connectivity index (χ3n) is 5.59. The number of benzene rings is 1. The molecule has 8 nitrogen and oxygen atoms in total. The summed E-state index contributed by atoms with van der Waals surface area (Å²) >= 11 is 0. The predicted molar refractivity (Wildman–Crippen MR) is 126 cm³/mol. The summed E-state index contributed by atoms with van der Waals surface area (Å²) < 4.78 is 10.4. The molecule has 8 heteroatoms. The van der Waals surface area contributed by atoms with Crippen molar-refractivity contribution in [3.8, 4) is 0 Å². The molecule has 1 amide bonds. The Hall–Kier alpha value is -3.26. The van der Waals surface area contributed by atoms with E-state index < -0.39 is 12.0 Å². The number of methoxy groups -OCH3 is 1.